The quantitative estimate of drug-likeness (QED) is 0.885. The highest BCUT2D eigenvalue weighted by Crippen LogP contribution is 2.15. The molecule has 1 aromatic carbocycles. The Morgan fingerprint density at radius 3 is 2.70 bits per heavy atom. The largest absolute Gasteiger partial charge is 0.344 e. The van der Waals surface area contributed by atoms with Crippen molar-refractivity contribution in [1.29, 1.82) is 0 Å². The monoisotopic (exact) mass is 312 g/mol. The summed E-state index contributed by atoms with van der Waals surface area (Å²) in [7, 11) is 1.94. The minimum Gasteiger partial charge on any atom is -0.344 e. The van der Waals surface area contributed by atoms with Gasteiger partial charge in [-0.05, 0) is 49.6 Å². The summed E-state index contributed by atoms with van der Waals surface area (Å²) in [6, 6.07) is 7.49. The van der Waals surface area contributed by atoms with Gasteiger partial charge in [0, 0.05) is 25.5 Å². The molecule has 0 bridgehead atoms. The molecule has 1 N–H and O–H groups in total. The molecule has 0 radical (unpaired) electrons. The van der Waals surface area contributed by atoms with Crippen molar-refractivity contribution in [2.24, 2.45) is 0 Å². The van der Waals surface area contributed by atoms with E-state index < -0.39 is 0 Å². The highest BCUT2D eigenvalue weighted by molar-refractivity contribution is 6.03. The van der Waals surface area contributed by atoms with Gasteiger partial charge in [-0.1, -0.05) is 19.4 Å². The van der Waals surface area contributed by atoms with Gasteiger partial charge in [-0.2, -0.15) is 0 Å². The molecule has 0 fully saturated rings. The summed E-state index contributed by atoms with van der Waals surface area (Å²) in [5.41, 5.74) is 3.49. The molecule has 1 amide bonds. The Bertz CT molecular complexity index is 684. The van der Waals surface area contributed by atoms with Gasteiger partial charge in [0.1, 0.15) is 5.69 Å². The van der Waals surface area contributed by atoms with Gasteiger partial charge >= 0.3 is 0 Å². The molecule has 2 rings (SSSR count). The maximum Gasteiger partial charge on any atom is 0.274 e. The number of aryl methyl sites for hydroxylation is 2. The van der Waals surface area contributed by atoms with Gasteiger partial charge < -0.3 is 10.2 Å². The van der Waals surface area contributed by atoms with Crippen LogP contribution in [0.2, 0.25) is 0 Å². The zero-order valence-corrected chi connectivity index (χ0v) is 14.3. The highest BCUT2D eigenvalue weighted by atomic mass is 16.1. The van der Waals surface area contributed by atoms with E-state index in [9.17, 15) is 4.79 Å². The maximum absolute atomic E-state index is 12.4. The predicted molar refractivity (Wildman–Crippen MR) is 94.1 cm³/mol. The van der Waals surface area contributed by atoms with Crippen molar-refractivity contribution in [3.63, 3.8) is 0 Å². The van der Waals surface area contributed by atoms with Crippen LogP contribution in [0.25, 0.3) is 0 Å². The molecule has 1 heterocycles. The van der Waals surface area contributed by atoms with E-state index in [1.54, 1.807) is 12.3 Å². The first-order valence-electron chi connectivity index (χ1n) is 7.94. The van der Waals surface area contributed by atoms with E-state index in [1.165, 1.54) is 5.56 Å². The number of hydrogen-bond donors (Lipinski definition) is 1. The molecule has 1 aromatic heterocycles. The van der Waals surface area contributed by atoms with Gasteiger partial charge in [0.25, 0.3) is 5.91 Å². The van der Waals surface area contributed by atoms with Crippen LogP contribution in [0.3, 0.4) is 0 Å². The zero-order chi connectivity index (χ0) is 16.8. The lowest BCUT2D eigenvalue weighted by atomic mass is 10.1. The summed E-state index contributed by atoms with van der Waals surface area (Å²) in [4.78, 5) is 23.0. The molecule has 0 aliphatic heterocycles. The third-order valence-electron chi connectivity index (χ3n) is 3.83. The molecule has 122 valence electrons. The number of nitrogens with zero attached hydrogens (tertiary/aromatic N) is 3. The molecule has 5 heteroatoms. The molecular weight excluding hydrogens is 288 g/mol. The molecule has 0 saturated carbocycles. The smallest absolute Gasteiger partial charge is 0.274 e. The van der Waals surface area contributed by atoms with Crippen molar-refractivity contribution < 1.29 is 4.79 Å². The lowest BCUT2D eigenvalue weighted by Gasteiger charge is -2.16. The van der Waals surface area contributed by atoms with Gasteiger partial charge in [-0.25, -0.2) is 9.97 Å². The van der Waals surface area contributed by atoms with Crippen molar-refractivity contribution in [1.82, 2.24) is 9.97 Å². The van der Waals surface area contributed by atoms with Crippen LogP contribution in [0.5, 0.6) is 0 Å². The maximum atomic E-state index is 12.4. The minimum absolute atomic E-state index is 0.221. The van der Waals surface area contributed by atoms with Crippen molar-refractivity contribution in [2.75, 3.05) is 23.8 Å². The molecule has 23 heavy (non-hydrogen) atoms. The number of anilines is 2. The third kappa shape index (κ3) is 4.52. The lowest BCUT2D eigenvalue weighted by Crippen LogP contribution is -2.22. The fourth-order valence-corrected chi connectivity index (χ4v) is 2.17. The predicted octanol–water partition coefficient (Wildman–Crippen LogP) is 3.58. The molecule has 0 saturated heterocycles. The molecule has 0 unspecified atom stereocenters. The number of nitrogens with one attached hydrogen (secondary N) is 1. The van der Waals surface area contributed by atoms with Gasteiger partial charge in [0.15, 0.2) is 0 Å². The summed E-state index contributed by atoms with van der Waals surface area (Å²) < 4.78 is 0. The van der Waals surface area contributed by atoms with E-state index in [2.05, 4.69) is 22.2 Å². The normalized spacial score (nSPS) is 10.4. The van der Waals surface area contributed by atoms with Crippen LogP contribution in [0.4, 0.5) is 11.6 Å². The van der Waals surface area contributed by atoms with Gasteiger partial charge in [-0.15, -0.1) is 0 Å². The van der Waals surface area contributed by atoms with Crippen LogP contribution in [-0.2, 0) is 0 Å². The second kappa shape index (κ2) is 7.72. The fraction of sp³-hybridized carbons (Fsp3) is 0.389. The number of amides is 1. The van der Waals surface area contributed by atoms with E-state index in [4.69, 9.17) is 0 Å². The zero-order valence-electron chi connectivity index (χ0n) is 14.3. The van der Waals surface area contributed by atoms with Crippen molar-refractivity contribution in [2.45, 2.75) is 33.6 Å². The Morgan fingerprint density at radius 2 is 2.00 bits per heavy atom. The van der Waals surface area contributed by atoms with Crippen LogP contribution < -0.4 is 10.2 Å². The summed E-state index contributed by atoms with van der Waals surface area (Å²) in [5, 5.41) is 2.89. The Balaban J connectivity index is 2.11. The van der Waals surface area contributed by atoms with Crippen LogP contribution in [-0.4, -0.2) is 29.5 Å². The summed E-state index contributed by atoms with van der Waals surface area (Å²) in [6.45, 7) is 7.08. The van der Waals surface area contributed by atoms with Gasteiger partial charge in [0.05, 0.1) is 0 Å². The average Bonchev–Trinajstić information content (AvgIpc) is 2.56. The Hall–Kier alpha value is -2.43. The van der Waals surface area contributed by atoms with Gasteiger partial charge in [-0.3, -0.25) is 4.79 Å². The lowest BCUT2D eigenvalue weighted by molar-refractivity contribution is 0.102. The molecule has 0 spiro atoms. The second-order valence-electron chi connectivity index (χ2n) is 5.77. The fourth-order valence-electron chi connectivity index (χ4n) is 2.17. The molecular formula is C18H24N4O. The van der Waals surface area contributed by atoms with E-state index in [-0.39, 0.29) is 5.91 Å². The first kappa shape index (κ1) is 16.9. The molecule has 0 atom stereocenters. The minimum atomic E-state index is -0.221. The van der Waals surface area contributed by atoms with Gasteiger partial charge in [0.2, 0.25) is 5.95 Å². The number of unbranched alkanes of at least 4 members (excludes halogenated alkanes) is 1. The summed E-state index contributed by atoms with van der Waals surface area (Å²) in [6.07, 6.45) is 3.80. The van der Waals surface area contributed by atoms with Crippen molar-refractivity contribution in [3.05, 3.63) is 47.3 Å². The van der Waals surface area contributed by atoms with E-state index in [0.29, 0.717) is 11.6 Å². The van der Waals surface area contributed by atoms with Crippen molar-refractivity contribution in [3.8, 4) is 0 Å². The number of benzene rings is 1. The highest BCUT2D eigenvalue weighted by Gasteiger charge is 2.11. The van der Waals surface area contributed by atoms with Crippen LogP contribution in [0.1, 0.15) is 41.4 Å². The first-order chi connectivity index (χ1) is 11.0. The van der Waals surface area contributed by atoms with E-state index in [0.717, 1.165) is 30.6 Å². The topological polar surface area (TPSA) is 58.1 Å². The Labute approximate surface area is 137 Å². The SMILES string of the molecule is CCCCN(C)c1nccc(C(=O)Nc2ccc(C)c(C)c2)n1. The number of aromatic nitrogens is 2. The summed E-state index contributed by atoms with van der Waals surface area (Å²) >= 11 is 0. The number of hydrogen-bond acceptors (Lipinski definition) is 4. The van der Waals surface area contributed by atoms with E-state index >= 15 is 0 Å². The third-order valence-corrected chi connectivity index (χ3v) is 3.83. The second-order valence-corrected chi connectivity index (χ2v) is 5.77. The first-order valence-corrected chi connectivity index (χ1v) is 7.94. The Morgan fingerprint density at radius 1 is 1.22 bits per heavy atom. The number of carbonyl (C=O) groups is 1. The number of rotatable bonds is 6. The van der Waals surface area contributed by atoms with Crippen LogP contribution >= 0.6 is 0 Å². The van der Waals surface area contributed by atoms with E-state index in [1.807, 2.05) is 44.0 Å². The Kier molecular flexibility index (Phi) is 5.68. The molecule has 0 aliphatic carbocycles. The molecule has 5 nitrogen and oxygen atoms in total. The molecule has 2 aromatic rings. The van der Waals surface area contributed by atoms with Crippen molar-refractivity contribution >= 4 is 17.5 Å². The van der Waals surface area contributed by atoms with Crippen LogP contribution in [0, 0.1) is 13.8 Å². The molecule has 0 aliphatic rings. The number of carbonyl (C=O) groups excluding carboxylic acids is 1. The summed E-state index contributed by atoms with van der Waals surface area (Å²) in [5.74, 6) is 0.354. The average molecular weight is 312 g/mol. The standard InChI is InChI=1S/C18H24N4O/c1-5-6-11-22(4)18-19-10-9-16(21-18)17(23)20-15-8-7-13(2)14(3)12-15/h7-10,12H,5-6,11H2,1-4H3,(H,20,23). The van der Waals surface area contributed by atoms with Crippen LogP contribution in [0.15, 0.2) is 30.5 Å².